The monoisotopic (exact) mass is 336 g/mol. The molecular formula is C13H24N2O6S. The minimum atomic E-state index is -3.45. The van der Waals surface area contributed by atoms with E-state index >= 15 is 0 Å². The number of sulfonamides is 1. The third kappa shape index (κ3) is 5.54. The summed E-state index contributed by atoms with van der Waals surface area (Å²) in [6, 6.07) is 0. The number of likely N-dealkylation sites (tertiary alicyclic amines) is 1. The number of carboxylic acids is 1. The molecule has 128 valence electrons. The highest BCUT2D eigenvalue weighted by Gasteiger charge is 2.43. The van der Waals surface area contributed by atoms with Crippen LogP contribution in [0.2, 0.25) is 0 Å². The van der Waals surface area contributed by atoms with Gasteiger partial charge in [-0.3, -0.25) is 9.59 Å². The van der Waals surface area contributed by atoms with Crippen LogP contribution in [0.25, 0.3) is 0 Å². The topological polar surface area (TPSA) is 113 Å². The molecule has 0 aromatic heterocycles. The molecule has 1 saturated heterocycles. The van der Waals surface area contributed by atoms with Gasteiger partial charge in [-0.15, -0.1) is 0 Å². The number of methoxy groups -OCH3 is 1. The van der Waals surface area contributed by atoms with Crippen molar-refractivity contribution in [1.82, 2.24) is 9.62 Å². The van der Waals surface area contributed by atoms with Crippen molar-refractivity contribution in [3.63, 3.8) is 0 Å². The first-order valence-corrected chi connectivity index (χ1v) is 9.04. The van der Waals surface area contributed by atoms with Gasteiger partial charge in [0, 0.05) is 26.8 Å². The Labute approximate surface area is 130 Å². The van der Waals surface area contributed by atoms with E-state index in [1.807, 2.05) is 0 Å². The molecule has 1 unspecified atom stereocenters. The Morgan fingerprint density at radius 2 is 2.09 bits per heavy atom. The third-order valence-corrected chi connectivity index (χ3v) is 4.54. The molecule has 1 aliphatic heterocycles. The van der Waals surface area contributed by atoms with Crippen molar-refractivity contribution < 1.29 is 27.9 Å². The minimum absolute atomic E-state index is 0.107. The van der Waals surface area contributed by atoms with Gasteiger partial charge in [-0.1, -0.05) is 0 Å². The second kappa shape index (κ2) is 7.89. The van der Waals surface area contributed by atoms with Gasteiger partial charge < -0.3 is 14.7 Å². The van der Waals surface area contributed by atoms with E-state index in [0.29, 0.717) is 38.8 Å². The number of carboxylic acid groups (broad SMARTS) is 1. The van der Waals surface area contributed by atoms with Gasteiger partial charge in [-0.05, 0) is 25.7 Å². The molecule has 9 heteroatoms. The zero-order valence-corrected chi connectivity index (χ0v) is 13.8. The zero-order valence-electron chi connectivity index (χ0n) is 13.0. The van der Waals surface area contributed by atoms with Crippen molar-refractivity contribution in [1.29, 1.82) is 0 Å². The van der Waals surface area contributed by atoms with Crippen molar-refractivity contribution in [3.8, 4) is 0 Å². The van der Waals surface area contributed by atoms with E-state index in [1.54, 1.807) is 7.11 Å². The fourth-order valence-electron chi connectivity index (χ4n) is 2.69. The Morgan fingerprint density at radius 3 is 2.64 bits per heavy atom. The summed E-state index contributed by atoms with van der Waals surface area (Å²) in [5, 5.41) is 9.56. The molecular weight excluding hydrogens is 312 g/mol. The summed E-state index contributed by atoms with van der Waals surface area (Å²) in [6.07, 6.45) is 3.11. The minimum Gasteiger partial charge on any atom is -0.481 e. The summed E-state index contributed by atoms with van der Waals surface area (Å²) in [4.78, 5) is 25.2. The van der Waals surface area contributed by atoms with E-state index in [-0.39, 0.29) is 13.1 Å². The van der Waals surface area contributed by atoms with E-state index in [2.05, 4.69) is 4.72 Å². The van der Waals surface area contributed by atoms with Crippen LogP contribution >= 0.6 is 0 Å². The summed E-state index contributed by atoms with van der Waals surface area (Å²) in [7, 11) is -1.89. The summed E-state index contributed by atoms with van der Waals surface area (Å²) in [5.41, 5.74) is -0.975. The van der Waals surface area contributed by atoms with Crippen LogP contribution in [-0.4, -0.2) is 69.9 Å². The number of carbonyl (C=O) groups excluding carboxylic acids is 1. The second-order valence-electron chi connectivity index (χ2n) is 5.69. The molecule has 1 aliphatic rings. The van der Waals surface area contributed by atoms with E-state index < -0.39 is 27.3 Å². The van der Waals surface area contributed by atoms with Gasteiger partial charge in [0.2, 0.25) is 15.9 Å². The Kier molecular flexibility index (Phi) is 6.76. The SMILES string of the molecule is COCCCC1(C(=O)O)CCCN(C(=O)CNS(C)(=O)=O)C1. The number of hydrogen-bond acceptors (Lipinski definition) is 5. The van der Waals surface area contributed by atoms with Crippen molar-refractivity contribution >= 4 is 21.9 Å². The number of aliphatic carboxylic acids is 1. The van der Waals surface area contributed by atoms with Crippen molar-refractivity contribution in [2.75, 3.05) is 39.6 Å². The predicted molar refractivity (Wildman–Crippen MR) is 79.8 cm³/mol. The highest BCUT2D eigenvalue weighted by Crippen LogP contribution is 2.35. The maximum absolute atomic E-state index is 12.1. The van der Waals surface area contributed by atoms with Gasteiger partial charge in [-0.2, -0.15) is 0 Å². The molecule has 0 aromatic rings. The fourth-order valence-corrected chi connectivity index (χ4v) is 3.08. The third-order valence-electron chi connectivity index (χ3n) is 3.87. The van der Waals surface area contributed by atoms with Crippen LogP contribution in [0.1, 0.15) is 25.7 Å². The van der Waals surface area contributed by atoms with Crippen molar-refractivity contribution in [2.45, 2.75) is 25.7 Å². The Morgan fingerprint density at radius 1 is 1.41 bits per heavy atom. The molecule has 0 radical (unpaired) electrons. The maximum Gasteiger partial charge on any atom is 0.311 e. The number of nitrogens with zero attached hydrogens (tertiary/aromatic N) is 1. The van der Waals surface area contributed by atoms with Gasteiger partial charge in [0.05, 0.1) is 18.2 Å². The quantitative estimate of drug-likeness (QED) is 0.586. The Hall–Kier alpha value is -1.19. The molecule has 0 aliphatic carbocycles. The van der Waals surface area contributed by atoms with E-state index in [9.17, 15) is 23.1 Å². The first-order chi connectivity index (χ1) is 10.2. The summed E-state index contributed by atoms with van der Waals surface area (Å²) in [5.74, 6) is -1.32. The van der Waals surface area contributed by atoms with E-state index in [4.69, 9.17) is 4.74 Å². The van der Waals surface area contributed by atoms with Crippen molar-refractivity contribution in [3.05, 3.63) is 0 Å². The molecule has 1 atom stereocenters. The lowest BCUT2D eigenvalue weighted by Crippen LogP contribution is -2.52. The summed E-state index contributed by atoms with van der Waals surface area (Å²) in [6.45, 7) is 0.686. The molecule has 0 aromatic carbocycles. The molecule has 0 bridgehead atoms. The molecule has 1 fully saturated rings. The second-order valence-corrected chi connectivity index (χ2v) is 7.53. The number of piperidine rings is 1. The van der Waals surface area contributed by atoms with Crippen LogP contribution < -0.4 is 4.72 Å². The number of hydrogen-bond donors (Lipinski definition) is 2. The number of rotatable bonds is 8. The Balaban J connectivity index is 2.70. The predicted octanol–water partition coefficient (Wildman–Crippen LogP) is -0.344. The lowest BCUT2D eigenvalue weighted by Gasteiger charge is -2.40. The summed E-state index contributed by atoms with van der Waals surface area (Å²) < 4.78 is 29.2. The first-order valence-electron chi connectivity index (χ1n) is 7.15. The largest absolute Gasteiger partial charge is 0.481 e. The lowest BCUT2D eigenvalue weighted by atomic mass is 9.76. The lowest BCUT2D eigenvalue weighted by molar-refractivity contribution is -0.155. The average molecular weight is 336 g/mol. The van der Waals surface area contributed by atoms with Gasteiger partial charge in [-0.25, -0.2) is 13.1 Å². The number of carbonyl (C=O) groups is 2. The molecule has 1 heterocycles. The van der Waals surface area contributed by atoms with Gasteiger partial charge in [0.1, 0.15) is 0 Å². The molecule has 22 heavy (non-hydrogen) atoms. The summed E-state index contributed by atoms with van der Waals surface area (Å²) >= 11 is 0. The molecule has 0 spiro atoms. The first kappa shape index (κ1) is 18.9. The van der Waals surface area contributed by atoms with Crippen LogP contribution in [0.5, 0.6) is 0 Å². The van der Waals surface area contributed by atoms with Crippen LogP contribution in [0.3, 0.4) is 0 Å². The van der Waals surface area contributed by atoms with E-state index in [1.165, 1.54) is 4.90 Å². The fraction of sp³-hybridized carbons (Fsp3) is 0.846. The van der Waals surface area contributed by atoms with Crippen LogP contribution in [0.15, 0.2) is 0 Å². The van der Waals surface area contributed by atoms with Crippen LogP contribution in [-0.2, 0) is 24.3 Å². The maximum atomic E-state index is 12.1. The molecule has 8 nitrogen and oxygen atoms in total. The smallest absolute Gasteiger partial charge is 0.311 e. The number of ether oxygens (including phenoxy) is 1. The molecule has 0 saturated carbocycles. The van der Waals surface area contributed by atoms with Gasteiger partial charge in [0.15, 0.2) is 0 Å². The molecule has 1 rings (SSSR count). The zero-order chi connectivity index (χ0) is 16.8. The van der Waals surface area contributed by atoms with Crippen LogP contribution in [0, 0.1) is 5.41 Å². The normalized spacial score (nSPS) is 22.5. The van der Waals surface area contributed by atoms with Gasteiger partial charge >= 0.3 is 5.97 Å². The standard InChI is InChI=1S/C13H24N2O6S/c1-21-8-4-6-13(12(17)18)5-3-7-15(10-13)11(16)9-14-22(2,19)20/h14H,3-10H2,1-2H3,(H,17,18). The average Bonchev–Trinajstić information content (AvgIpc) is 2.44. The molecule has 2 N–H and O–H groups in total. The van der Waals surface area contributed by atoms with Gasteiger partial charge in [0.25, 0.3) is 0 Å². The van der Waals surface area contributed by atoms with Crippen LogP contribution in [0.4, 0.5) is 0 Å². The van der Waals surface area contributed by atoms with E-state index in [0.717, 1.165) is 6.26 Å². The Bertz CT molecular complexity index is 507. The number of amides is 1. The number of nitrogens with one attached hydrogen (secondary N) is 1. The molecule has 1 amide bonds. The highest BCUT2D eigenvalue weighted by atomic mass is 32.2. The van der Waals surface area contributed by atoms with Crippen molar-refractivity contribution in [2.24, 2.45) is 5.41 Å². The highest BCUT2D eigenvalue weighted by molar-refractivity contribution is 7.88.